The van der Waals surface area contributed by atoms with Crippen LogP contribution in [0.5, 0.6) is 5.75 Å². The number of para-hydroxylation sites is 1. The molecule has 1 fully saturated rings. The number of aromatic hydroxyl groups is 1. The first-order chi connectivity index (χ1) is 10.2. The average molecular weight is 288 g/mol. The van der Waals surface area contributed by atoms with Crippen LogP contribution in [-0.4, -0.2) is 42.1 Å². The van der Waals surface area contributed by atoms with Crippen LogP contribution < -0.4 is 5.63 Å². The first-order valence-electron chi connectivity index (χ1n) is 6.80. The number of benzene rings is 1. The lowest BCUT2D eigenvalue weighted by molar-refractivity contribution is 0.0393. The molecule has 3 rings (SSSR count). The van der Waals surface area contributed by atoms with Crippen LogP contribution in [0, 0.1) is 0 Å². The largest absolute Gasteiger partial charge is 0.506 e. The van der Waals surface area contributed by atoms with Crippen molar-refractivity contribution in [3.8, 4) is 5.75 Å². The van der Waals surface area contributed by atoms with Crippen LogP contribution >= 0.6 is 0 Å². The van der Waals surface area contributed by atoms with Gasteiger partial charge in [0.2, 0.25) is 0 Å². The molecule has 21 heavy (non-hydrogen) atoms. The molecule has 1 aromatic heterocycles. The standard InChI is InChI=1S/C15H16N2O4/c1-10(16-17-6-8-20-9-7-17)13-14(18)11-4-2-3-5-12(11)21-15(13)19/h2-5,18H,6-9H2,1H3/b16-10+. The van der Waals surface area contributed by atoms with E-state index in [1.165, 1.54) is 0 Å². The number of nitrogens with zero attached hydrogens (tertiary/aromatic N) is 2. The van der Waals surface area contributed by atoms with Crippen LogP contribution in [0.2, 0.25) is 0 Å². The third-order valence-corrected chi connectivity index (χ3v) is 3.43. The fourth-order valence-corrected chi connectivity index (χ4v) is 2.37. The van der Waals surface area contributed by atoms with Gasteiger partial charge in [-0.05, 0) is 19.1 Å². The van der Waals surface area contributed by atoms with Crippen LogP contribution in [0.4, 0.5) is 0 Å². The summed E-state index contributed by atoms with van der Waals surface area (Å²) in [6, 6.07) is 6.88. The molecule has 1 N–H and O–H groups in total. The molecule has 110 valence electrons. The third kappa shape index (κ3) is 2.62. The van der Waals surface area contributed by atoms with E-state index >= 15 is 0 Å². The van der Waals surface area contributed by atoms with E-state index in [9.17, 15) is 9.90 Å². The Kier molecular flexibility index (Phi) is 3.62. The van der Waals surface area contributed by atoms with Crippen LogP contribution in [0.15, 0.2) is 38.6 Å². The van der Waals surface area contributed by atoms with E-state index in [1.807, 2.05) is 5.01 Å². The van der Waals surface area contributed by atoms with Crippen LogP contribution in [0.25, 0.3) is 11.0 Å². The van der Waals surface area contributed by atoms with Gasteiger partial charge in [-0.3, -0.25) is 5.01 Å². The average Bonchev–Trinajstić information content (AvgIpc) is 2.48. The van der Waals surface area contributed by atoms with Gasteiger partial charge in [-0.25, -0.2) is 4.79 Å². The summed E-state index contributed by atoms with van der Waals surface area (Å²) in [7, 11) is 0. The molecular formula is C15H16N2O4. The first-order valence-corrected chi connectivity index (χ1v) is 6.80. The fraction of sp³-hybridized carbons (Fsp3) is 0.333. The summed E-state index contributed by atoms with van der Waals surface area (Å²) in [5, 5.41) is 17.1. The van der Waals surface area contributed by atoms with Gasteiger partial charge >= 0.3 is 5.63 Å². The third-order valence-electron chi connectivity index (χ3n) is 3.43. The van der Waals surface area contributed by atoms with E-state index in [2.05, 4.69) is 5.10 Å². The van der Waals surface area contributed by atoms with Crippen LogP contribution in [0.1, 0.15) is 12.5 Å². The minimum absolute atomic E-state index is 0.0867. The molecule has 0 radical (unpaired) electrons. The summed E-state index contributed by atoms with van der Waals surface area (Å²) in [5.41, 5.74) is 0.331. The normalized spacial score (nSPS) is 16.4. The van der Waals surface area contributed by atoms with Gasteiger partial charge < -0.3 is 14.3 Å². The molecule has 6 nitrogen and oxygen atoms in total. The Morgan fingerprint density at radius 1 is 1.29 bits per heavy atom. The minimum atomic E-state index is -0.583. The molecule has 0 atom stereocenters. The second-order valence-corrected chi connectivity index (χ2v) is 4.86. The molecule has 0 bridgehead atoms. The molecule has 0 aliphatic carbocycles. The van der Waals surface area contributed by atoms with Gasteiger partial charge in [-0.1, -0.05) is 12.1 Å². The van der Waals surface area contributed by atoms with E-state index in [1.54, 1.807) is 31.2 Å². The Morgan fingerprint density at radius 3 is 2.76 bits per heavy atom. The lowest BCUT2D eigenvalue weighted by atomic mass is 10.1. The molecule has 0 unspecified atom stereocenters. The maximum Gasteiger partial charge on any atom is 0.349 e. The van der Waals surface area contributed by atoms with E-state index in [4.69, 9.17) is 9.15 Å². The molecule has 1 aliphatic heterocycles. The van der Waals surface area contributed by atoms with Crippen LogP contribution in [0.3, 0.4) is 0 Å². The minimum Gasteiger partial charge on any atom is -0.506 e. The van der Waals surface area contributed by atoms with Crippen molar-refractivity contribution in [2.45, 2.75) is 6.92 Å². The number of hydrogen-bond donors (Lipinski definition) is 1. The molecular weight excluding hydrogens is 272 g/mol. The molecule has 6 heteroatoms. The Balaban J connectivity index is 2.07. The highest BCUT2D eigenvalue weighted by Gasteiger charge is 2.17. The van der Waals surface area contributed by atoms with Crippen molar-refractivity contribution in [3.05, 3.63) is 40.2 Å². The Hall–Kier alpha value is -2.34. The highest BCUT2D eigenvalue weighted by Crippen LogP contribution is 2.26. The maximum atomic E-state index is 12.1. The Bertz CT molecular complexity index is 745. The van der Waals surface area contributed by atoms with E-state index in [0.29, 0.717) is 43.0 Å². The highest BCUT2D eigenvalue weighted by atomic mass is 16.5. The summed E-state index contributed by atoms with van der Waals surface area (Å²) < 4.78 is 10.5. The molecule has 2 heterocycles. The summed E-state index contributed by atoms with van der Waals surface area (Å²) >= 11 is 0. The molecule has 0 spiro atoms. The predicted molar refractivity (Wildman–Crippen MR) is 78.8 cm³/mol. The summed E-state index contributed by atoms with van der Waals surface area (Å²) in [6.45, 7) is 4.23. The van der Waals surface area contributed by atoms with Gasteiger partial charge in [-0.2, -0.15) is 5.10 Å². The SMILES string of the molecule is C/C(=N\N1CCOCC1)c1c(O)c2ccccc2oc1=O. The van der Waals surface area contributed by atoms with Crippen molar-refractivity contribution in [1.29, 1.82) is 0 Å². The smallest absolute Gasteiger partial charge is 0.349 e. The Morgan fingerprint density at radius 2 is 2.00 bits per heavy atom. The zero-order chi connectivity index (χ0) is 14.8. The van der Waals surface area contributed by atoms with Crippen molar-refractivity contribution >= 4 is 16.7 Å². The molecule has 0 saturated carbocycles. The number of fused-ring (bicyclic) bond motifs is 1. The van der Waals surface area contributed by atoms with Crippen molar-refractivity contribution < 1.29 is 14.3 Å². The summed E-state index contributed by atoms with van der Waals surface area (Å²) in [6.07, 6.45) is 0. The molecule has 1 aromatic carbocycles. The maximum absolute atomic E-state index is 12.1. The van der Waals surface area contributed by atoms with Gasteiger partial charge in [0, 0.05) is 0 Å². The Labute approximate surface area is 121 Å². The van der Waals surface area contributed by atoms with Crippen molar-refractivity contribution in [2.24, 2.45) is 5.10 Å². The molecule has 1 saturated heterocycles. The quantitative estimate of drug-likeness (QED) is 0.670. The number of ether oxygens (including phenoxy) is 1. The van der Waals surface area contributed by atoms with Crippen molar-refractivity contribution in [2.75, 3.05) is 26.3 Å². The van der Waals surface area contributed by atoms with Crippen molar-refractivity contribution in [3.63, 3.8) is 0 Å². The molecule has 0 amide bonds. The van der Waals surface area contributed by atoms with Gasteiger partial charge in [0.15, 0.2) is 0 Å². The highest BCUT2D eigenvalue weighted by molar-refractivity contribution is 6.04. The van der Waals surface area contributed by atoms with Gasteiger partial charge in [0.25, 0.3) is 0 Å². The number of rotatable bonds is 2. The van der Waals surface area contributed by atoms with Crippen molar-refractivity contribution in [1.82, 2.24) is 5.01 Å². The van der Waals surface area contributed by atoms with Gasteiger partial charge in [-0.15, -0.1) is 0 Å². The zero-order valence-corrected chi connectivity index (χ0v) is 11.7. The number of hydrogen-bond acceptors (Lipinski definition) is 6. The molecule has 1 aliphatic rings. The zero-order valence-electron chi connectivity index (χ0n) is 11.7. The number of morpholine rings is 1. The monoisotopic (exact) mass is 288 g/mol. The van der Waals surface area contributed by atoms with E-state index < -0.39 is 5.63 Å². The topological polar surface area (TPSA) is 75.3 Å². The second-order valence-electron chi connectivity index (χ2n) is 4.86. The van der Waals surface area contributed by atoms with E-state index in [-0.39, 0.29) is 11.3 Å². The fourth-order valence-electron chi connectivity index (χ4n) is 2.37. The lowest BCUT2D eigenvalue weighted by Crippen LogP contribution is -2.33. The van der Waals surface area contributed by atoms with Gasteiger partial charge in [0.05, 0.1) is 37.4 Å². The first kappa shape index (κ1) is 13.6. The summed E-state index contributed by atoms with van der Waals surface area (Å²) in [4.78, 5) is 12.1. The van der Waals surface area contributed by atoms with Gasteiger partial charge in [0.1, 0.15) is 16.9 Å². The van der Waals surface area contributed by atoms with Crippen LogP contribution in [-0.2, 0) is 4.74 Å². The second kappa shape index (κ2) is 5.57. The lowest BCUT2D eigenvalue weighted by Gasteiger charge is -2.24. The molecule has 2 aromatic rings. The summed E-state index contributed by atoms with van der Waals surface area (Å²) in [5.74, 6) is -0.0867. The van der Waals surface area contributed by atoms with E-state index in [0.717, 1.165) is 0 Å². The predicted octanol–water partition coefficient (Wildman–Crippen LogP) is 1.55. The number of hydrazone groups is 1.